The van der Waals surface area contributed by atoms with Crippen LogP contribution in [0.4, 0.5) is 11.4 Å². The van der Waals surface area contributed by atoms with Crippen LogP contribution in [-0.4, -0.2) is 44.4 Å². The lowest BCUT2D eigenvalue weighted by atomic mass is 10.2. The predicted octanol–water partition coefficient (Wildman–Crippen LogP) is 2.30. The smallest absolute Gasteiger partial charge is 0.270 e. The highest BCUT2D eigenvalue weighted by molar-refractivity contribution is 7.92. The molecule has 10 nitrogen and oxygen atoms in total. The molecule has 1 N–H and O–H groups in total. The predicted molar refractivity (Wildman–Crippen MR) is 113 cm³/mol. The van der Waals surface area contributed by atoms with Crippen molar-refractivity contribution in [1.29, 1.82) is 0 Å². The van der Waals surface area contributed by atoms with Crippen LogP contribution in [0.15, 0.2) is 53.6 Å². The van der Waals surface area contributed by atoms with Gasteiger partial charge in [0.05, 0.1) is 29.7 Å². The molecule has 0 aliphatic carbocycles. The Morgan fingerprint density at radius 1 is 1.30 bits per heavy atom. The lowest BCUT2D eigenvalue weighted by Gasteiger charge is -2.27. The fraction of sp³-hybridized carbons (Fsp3) is 0.263. The number of benzene rings is 2. The van der Waals surface area contributed by atoms with Gasteiger partial charge in [-0.25, -0.2) is 13.8 Å². The van der Waals surface area contributed by atoms with Gasteiger partial charge in [-0.1, -0.05) is 12.1 Å². The summed E-state index contributed by atoms with van der Waals surface area (Å²) in [4.78, 5) is 22.7. The van der Waals surface area contributed by atoms with Crippen LogP contribution in [0.3, 0.4) is 0 Å². The Balaban J connectivity index is 2.16. The topological polar surface area (TPSA) is 131 Å². The van der Waals surface area contributed by atoms with E-state index in [2.05, 4.69) is 10.5 Å². The van der Waals surface area contributed by atoms with E-state index in [1.54, 1.807) is 30.3 Å². The summed E-state index contributed by atoms with van der Waals surface area (Å²) in [5.74, 6) is -0.0932. The zero-order valence-electron chi connectivity index (χ0n) is 16.7. The molecular formula is C19H22N4O6S. The average Bonchev–Trinajstić information content (AvgIpc) is 2.68. The number of hydrazone groups is 1. The molecule has 30 heavy (non-hydrogen) atoms. The summed E-state index contributed by atoms with van der Waals surface area (Å²) < 4.78 is 30.9. The Morgan fingerprint density at radius 2 is 1.97 bits per heavy atom. The Bertz CT molecular complexity index is 1040. The van der Waals surface area contributed by atoms with E-state index in [-0.39, 0.29) is 5.69 Å². The Labute approximate surface area is 174 Å². The lowest BCUT2D eigenvalue weighted by Crippen LogP contribution is -2.46. The van der Waals surface area contributed by atoms with Gasteiger partial charge < -0.3 is 4.74 Å². The van der Waals surface area contributed by atoms with Crippen molar-refractivity contribution in [2.24, 2.45) is 5.10 Å². The lowest BCUT2D eigenvalue weighted by molar-refractivity contribution is -0.384. The highest BCUT2D eigenvalue weighted by Gasteiger charge is 2.29. The number of ether oxygens (including phenoxy) is 1. The highest BCUT2D eigenvalue weighted by Crippen LogP contribution is 2.24. The van der Waals surface area contributed by atoms with Gasteiger partial charge >= 0.3 is 0 Å². The first kappa shape index (κ1) is 22.8. The van der Waals surface area contributed by atoms with Crippen molar-refractivity contribution < 1.29 is 22.9 Å². The molecule has 0 spiro atoms. The molecule has 0 aliphatic heterocycles. The number of hydrogen-bond donors (Lipinski definition) is 1. The first-order valence-electron chi connectivity index (χ1n) is 8.93. The number of nitro benzene ring substituents is 1. The molecular weight excluding hydrogens is 412 g/mol. The molecule has 1 amide bonds. The minimum absolute atomic E-state index is 0.114. The van der Waals surface area contributed by atoms with E-state index >= 15 is 0 Å². The number of nitrogens with zero attached hydrogens (tertiary/aromatic N) is 3. The van der Waals surface area contributed by atoms with Crippen molar-refractivity contribution >= 4 is 33.5 Å². The molecule has 11 heteroatoms. The van der Waals surface area contributed by atoms with Gasteiger partial charge in [0.15, 0.2) is 0 Å². The normalized spacial score (nSPS) is 12.4. The van der Waals surface area contributed by atoms with E-state index in [1.165, 1.54) is 31.3 Å². The van der Waals surface area contributed by atoms with E-state index in [9.17, 15) is 23.3 Å². The Kier molecular flexibility index (Phi) is 7.48. The summed E-state index contributed by atoms with van der Waals surface area (Å²) in [6.45, 7) is 3.73. The van der Waals surface area contributed by atoms with Gasteiger partial charge in [0, 0.05) is 17.7 Å². The molecule has 0 fully saturated rings. The van der Waals surface area contributed by atoms with Crippen LogP contribution in [0.5, 0.6) is 5.75 Å². The van der Waals surface area contributed by atoms with Crippen LogP contribution in [0, 0.1) is 10.1 Å². The van der Waals surface area contributed by atoms with Gasteiger partial charge in [-0.15, -0.1) is 0 Å². The van der Waals surface area contributed by atoms with Crippen molar-refractivity contribution in [2.75, 3.05) is 17.2 Å². The third-order valence-corrected chi connectivity index (χ3v) is 5.20. The molecule has 0 saturated carbocycles. The van der Waals surface area contributed by atoms with E-state index in [0.29, 0.717) is 23.6 Å². The van der Waals surface area contributed by atoms with Crippen LogP contribution in [-0.2, 0) is 14.8 Å². The zero-order valence-corrected chi connectivity index (χ0v) is 17.5. The molecule has 2 aromatic carbocycles. The summed E-state index contributed by atoms with van der Waals surface area (Å²) in [5.41, 5.74) is 2.85. The van der Waals surface area contributed by atoms with Gasteiger partial charge in [-0.3, -0.25) is 19.2 Å². The summed E-state index contributed by atoms with van der Waals surface area (Å²) in [7, 11) is -3.77. The monoisotopic (exact) mass is 434 g/mol. The summed E-state index contributed by atoms with van der Waals surface area (Å²) in [6.07, 6.45) is 2.24. The molecule has 160 valence electrons. The maximum atomic E-state index is 12.5. The van der Waals surface area contributed by atoms with E-state index in [1.807, 2.05) is 6.92 Å². The molecule has 0 bridgehead atoms. The number of carbonyl (C=O) groups is 1. The molecule has 1 atom stereocenters. The maximum absolute atomic E-state index is 12.5. The minimum Gasteiger partial charge on any atom is -0.494 e. The summed E-state index contributed by atoms with van der Waals surface area (Å²) in [5, 5.41) is 14.6. The molecule has 0 saturated heterocycles. The largest absolute Gasteiger partial charge is 0.494 e. The Morgan fingerprint density at radius 3 is 2.53 bits per heavy atom. The van der Waals surface area contributed by atoms with E-state index in [0.717, 1.165) is 10.6 Å². The first-order valence-corrected chi connectivity index (χ1v) is 10.8. The fourth-order valence-electron chi connectivity index (χ4n) is 2.65. The van der Waals surface area contributed by atoms with Crippen molar-refractivity contribution in [3.05, 3.63) is 64.2 Å². The number of carbonyl (C=O) groups excluding carboxylic acids is 1. The second-order valence-electron chi connectivity index (χ2n) is 6.25. The van der Waals surface area contributed by atoms with Crippen molar-refractivity contribution in [3.63, 3.8) is 0 Å². The molecule has 0 radical (unpaired) electrons. The molecule has 2 aromatic rings. The van der Waals surface area contributed by atoms with Crippen LogP contribution in [0.2, 0.25) is 0 Å². The maximum Gasteiger partial charge on any atom is 0.270 e. The van der Waals surface area contributed by atoms with E-state index in [4.69, 9.17) is 4.74 Å². The fourth-order valence-corrected chi connectivity index (χ4v) is 3.82. The molecule has 0 aliphatic rings. The van der Waals surface area contributed by atoms with Gasteiger partial charge in [0.25, 0.3) is 11.6 Å². The quantitative estimate of drug-likeness (QED) is 0.366. The number of nitro groups is 1. The number of anilines is 1. The number of rotatable bonds is 9. The Hall–Kier alpha value is -3.47. The van der Waals surface area contributed by atoms with Gasteiger partial charge in [0.1, 0.15) is 11.8 Å². The minimum atomic E-state index is -3.77. The van der Waals surface area contributed by atoms with Crippen LogP contribution >= 0.6 is 0 Å². The zero-order chi connectivity index (χ0) is 22.3. The molecule has 0 heterocycles. The number of sulfonamides is 1. The van der Waals surface area contributed by atoms with Gasteiger partial charge in [-0.05, 0) is 38.1 Å². The number of non-ortho nitro benzene ring substituents is 1. The average molecular weight is 434 g/mol. The number of amides is 1. The summed E-state index contributed by atoms with van der Waals surface area (Å²) >= 11 is 0. The van der Waals surface area contributed by atoms with Crippen molar-refractivity contribution in [2.45, 2.75) is 19.9 Å². The van der Waals surface area contributed by atoms with E-state index < -0.39 is 26.9 Å². The third kappa shape index (κ3) is 6.01. The first-order chi connectivity index (χ1) is 14.1. The SMILES string of the molecule is CCOc1ccc(N([C@@H](C)C(=O)N/N=C\c2cccc([N+](=O)[O-])c2)S(C)(=O)=O)cc1. The van der Waals surface area contributed by atoms with Crippen molar-refractivity contribution in [3.8, 4) is 5.75 Å². The van der Waals surface area contributed by atoms with Crippen molar-refractivity contribution in [1.82, 2.24) is 5.43 Å². The van der Waals surface area contributed by atoms with Crippen LogP contribution < -0.4 is 14.5 Å². The standard InChI is InChI=1S/C19H22N4O6S/c1-4-29-18-10-8-16(9-11-18)22(30(3,27)28)14(2)19(24)21-20-13-15-6-5-7-17(12-15)23(25)26/h5-14H,4H2,1-3H3,(H,21,24)/b20-13-/t14-/m0/s1. The second kappa shape index (κ2) is 9.83. The second-order valence-corrected chi connectivity index (χ2v) is 8.11. The van der Waals surface area contributed by atoms with Crippen LogP contribution in [0.25, 0.3) is 0 Å². The van der Waals surface area contributed by atoms with Crippen LogP contribution in [0.1, 0.15) is 19.4 Å². The summed E-state index contributed by atoms with van der Waals surface area (Å²) in [6, 6.07) is 10.9. The molecule has 0 aromatic heterocycles. The molecule has 0 unspecified atom stereocenters. The molecule has 2 rings (SSSR count). The van der Waals surface area contributed by atoms with Gasteiger partial charge in [0.2, 0.25) is 10.0 Å². The highest BCUT2D eigenvalue weighted by atomic mass is 32.2. The van der Waals surface area contributed by atoms with Gasteiger partial charge in [-0.2, -0.15) is 5.10 Å². The number of nitrogens with one attached hydrogen (secondary N) is 1. The number of hydrogen-bond acceptors (Lipinski definition) is 7. The third-order valence-electron chi connectivity index (χ3n) is 3.96.